The predicted molar refractivity (Wildman–Crippen MR) is 212 cm³/mol. The number of benzene rings is 3. The molecule has 4 amide bonds. The highest BCUT2D eigenvalue weighted by atomic mass is 16.5. The summed E-state index contributed by atoms with van der Waals surface area (Å²) in [4.78, 5) is 63.8. The van der Waals surface area contributed by atoms with Crippen molar-refractivity contribution in [3.05, 3.63) is 89.5 Å². The van der Waals surface area contributed by atoms with E-state index < -0.39 is 23.8 Å². The molecule has 0 bridgehead atoms. The lowest BCUT2D eigenvalue weighted by Crippen LogP contribution is -2.52. The van der Waals surface area contributed by atoms with Crippen LogP contribution in [-0.2, 0) is 14.4 Å². The van der Waals surface area contributed by atoms with Gasteiger partial charge < -0.3 is 9.47 Å². The molecular weight excluding hydrogens is 681 g/mol. The van der Waals surface area contributed by atoms with E-state index in [-0.39, 0.29) is 17.3 Å². The third-order valence-corrected chi connectivity index (χ3v) is 9.82. The number of carbonyl (C=O) groups excluding carboxylic acids is 5. The highest BCUT2D eigenvalue weighted by Crippen LogP contribution is 2.25. The molecule has 1 fully saturated rings. The molecule has 4 rings (SSSR count). The van der Waals surface area contributed by atoms with Gasteiger partial charge in [0.15, 0.2) is 0 Å². The number of imide groups is 2. The molecule has 0 saturated carbocycles. The van der Waals surface area contributed by atoms with Crippen LogP contribution >= 0.6 is 0 Å². The average molecular weight is 737 g/mol. The lowest BCUT2D eigenvalue weighted by atomic mass is 10.0. The molecule has 288 valence electrons. The molecule has 0 radical (unpaired) electrons. The fourth-order valence-corrected chi connectivity index (χ4v) is 6.45. The van der Waals surface area contributed by atoms with Crippen LogP contribution in [0.15, 0.2) is 78.4 Å². The van der Waals surface area contributed by atoms with Crippen LogP contribution in [0.25, 0.3) is 17.2 Å². The van der Waals surface area contributed by atoms with Crippen LogP contribution in [0, 0.1) is 0 Å². The minimum Gasteiger partial charge on any atom is -0.427 e. The summed E-state index contributed by atoms with van der Waals surface area (Å²) >= 11 is 0. The SMILES string of the molecule is CCCCCCCCCCCCCCCCCCC(=O)Oc1ccc(-c2ccc(C(=O)Oc3ccc(C=C4C(=O)N(C)C(=O)N(C)C4=O)cc3)cc2)cc1. The van der Waals surface area contributed by atoms with Gasteiger partial charge in [0.2, 0.25) is 0 Å². The predicted octanol–water partition coefficient (Wildman–Crippen LogP) is 10.6. The maximum atomic E-state index is 12.8. The normalized spacial score (nSPS) is 13.0. The summed E-state index contributed by atoms with van der Waals surface area (Å²) < 4.78 is 11.1. The summed E-state index contributed by atoms with van der Waals surface area (Å²) in [7, 11) is 2.63. The van der Waals surface area contributed by atoms with Crippen LogP contribution in [-0.4, -0.2) is 53.7 Å². The smallest absolute Gasteiger partial charge is 0.343 e. The van der Waals surface area contributed by atoms with Gasteiger partial charge in [-0.05, 0) is 65.6 Å². The Hall–Kier alpha value is -5.05. The quantitative estimate of drug-likeness (QED) is 0.0332. The number of hydrogen-bond donors (Lipinski definition) is 0. The minimum absolute atomic E-state index is 0.138. The average Bonchev–Trinajstić information content (AvgIpc) is 3.18. The van der Waals surface area contributed by atoms with Crippen molar-refractivity contribution < 1.29 is 33.4 Å². The summed E-state index contributed by atoms with van der Waals surface area (Å²) in [5, 5.41) is 0. The van der Waals surface area contributed by atoms with E-state index in [2.05, 4.69) is 6.92 Å². The third-order valence-electron chi connectivity index (χ3n) is 9.82. The Kier molecular flexibility index (Phi) is 17.2. The first-order valence-electron chi connectivity index (χ1n) is 19.7. The summed E-state index contributed by atoms with van der Waals surface area (Å²) in [6, 6.07) is 20.0. The Morgan fingerprint density at radius 1 is 0.537 bits per heavy atom. The van der Waals surface area contributed by atoms with E-state index in [9.17, 15) is 24.0 Å². The number of esters is 2. The molecule has 0 unspecified atom stereocenters. The van der Waals surface area contributed by atoms with Crippen molar-refractivity contribution in [3.63, 3.8) is 0 Å². The molecule has 0 aromatic heterocycles. The molecule has 3 aromatic carbocycles. The number of carbonyl (C=O) groups is 5. The monoisotopic (exact) mass is 736 g/mol. The lowest BCUT2D eigenvalue weighted by Gasteiger charge is -2.28. The van der Waals surface area contributed by atoms with E-state index in [1.807, 2.05) is 24.3 Å². The third kappa shape index (κ3) is 13.1. The molecule has 54 heavy (non-hydrogen) atoms. The Balaban J connectivity index is 1.11. The molecular formula is C45H56N2O7. The van der Waals surface area contributed by atoms with Gasteiger partial charge >= 0.3 is 18.0 Å². The largest absolute Gasteiger partial charge is 0.427 e. The first kappa shape index (κ1) is 41.7. The molecule has 1 aliphatic rings. The first-order chi connectivity index (χ1) is 26.2. The Morgan fingerprint density at radius 3 is 1.43 bits per heavy atom. The molecule has 0 atom stereocenters. The topological polar surface area (TPSA) is 110 Å². The van der Waals surface area contributed by atoms with Crippen LogP contribution in [0.5, 0.6) is 11.5 Å². The number of rotatable bonds is 22. The molecule has 9 nitrogen and oxygen atoms in total. The number of ether oxygens (including phenoxy) is 2. The number of likely N-dealkylation sites (N-methyl/N-ethyl adjacent to an activating group) is 2. The van der Waals surface area contributed by atoms with Gasteiger partial charge in [-0.2, -0.15) is 0 Å². The van der Waals surface area contributed by atoms with Gasteiger partial charge in [0.25, 0.3) is 11.8 Å². The zero-order valence-electron chi connectivity index (χ0n) is 32.3. The summed E-state index contributed by atoms with van der Waals surface area (Å²) in [6.45, 7) is 2.27. The van der Waals surface area contributed by atoms with Crippen molar-refractivity contribution in [2.75, 3.05) is 14.1 Å². The van der Waals surface area contributed by atoms with Crippen molar-refractivity contribution in [2.45, 2.75) is 116 Å². The van der Waals surface area contributed by atoms with Crippen molar-refractivity contribution in [2.24, 2.45) is 0 Å². The molecule has 0 spiro atoms. The maximum absolute atomic E-state index is 12.8. The number of unbranched alkanes of at least 4 members (excludes halogenated alkanes) is 15. The van der Waals surface area contributed by atoms with Crippen molar-refractivity contribution >= 4 is 35.9 Å². The zero-order valence-corrected chi connectivity index (χ0v) is 32.3. The highest BCUT2D eigenvalue weighted by molar-refractivity contribution is 6.30. The van der Waals surface area contributed by atoms with Gasteiger partial charge in [-0.15, -0.1) is 0 Å². The van der Waals surface area contributed by atoms with E-state index in [1.54, 1.807) is 48.5 Å². The number of barbiturate groups is 1. The molecule has 3 aromatic rings. The maximum Gasteiger partial charge on any atom is 0.343 e. The van der Waals surface area contributed by atoms with Crippen LogP contribution in [0.4, 0.5) is 4.79 Å². The Morgan fingerprint density at radius 2 is 0.944 bits per heavy atom. The fraction of sp³-hybridized carbons (Fsp3) is 0.444. The standard InChI is InChI=1S/C45H56N2O7/c1-4-5-6-7-8-9-10-11-12-13-14-15-16-17-18-19-20-41(48)53-38-31-27-36(28-32-38)35-23-25-37(26-24-35)44(51)54-39-29-21-34(22-30-39)33-40-42(49)46(2)45(52)47(3)43(40)50/h21-33H,4-20H2,1-3H3. The van der Waals surface area contributed by atoms with Crippen LogP contribution in [0.2, 0.25) is 0 Å². The molecule has 1 aliphatic heterocycles. The number of hydrogen-bond acceptors (Lipinski definition) is 7. The molecule has 1 heterocycles. The van der Waals surface area contributed by atoms with E-state index in [0.29, 0.717) is 23.3 Å². The van der Waals surface area contributed by atoms with Gasteiger partial charge in [-0.1, -0.05) is 140 Å². The lowest BCUT2D eigenvalue weighted by molar-refractivity contribution is -0.135. The molecule has 9 heteroatoms. The van der Waals surface area contributed by atoms with Crippen LogP contribution in [0.3, 0.4) is 0 Å². The zero-order chi connectivity index (χ0) is 38.7. The van der Waals surface area contributed by atoms with Crippen molar-refractivity contribution in [1.29, 1.82) is 0 Å². The van der Waals surface area contributed by atoms with Gasteiger partial charge in [-0.3, -0.25) is 24.2 Å². The second-order valence-corrected chi connectivity index (χ2v) is 14.2. The molecule has 0 N–H and O–H groups in total. The molecule has 0 aliphatic carbocycles. The summed E-state index contributed by atoms with van der Waals surface area (Å²) in [6.07, 6.45) is 22.5. The minimum atomic E-state index is -0.691. The number of nitrogens with zero attached hydrogens (tertiary/aromatic N) is 2. The van der Waals surface area contributed by atoms with Gasteiger partial charge in [0.1, 0.15) is 17.1 Å². The second-order valence-electron chi connectivity index (χ2n) is 14.2. The van der Waals surface area contributed by atoms with Crippen LogP contribution < -0.4 is 9.47 Å². The van der Waals surface area contributed by atoms with E-state index in [1.165, 1.54) is 104 Å². The summed E-state index contributed by atoms with van der Waals surface area (Å²) in [5.74, 6) is -1.32. The highest BCUT2D eigenvalue weighted by Gasteiger charge is 2.37. The second kappa shape index (κ2) is 22.2. The van der Waals surface area contributed by atoms with E-state index >= 15 is 0 Å². The Bertz CT molecular complexity index is 1690. The van der Waals surface area contributed by atoms with Gasteiger partial charge in [0.05, 0.1) is 5.56 Å². The van der Waals surface area contributed by atoms with Gasteiger partial charge in [-0.25, -0.2) is 9.59 Å². The first-order valence-corrected chi connectivity index (χ1v) is 19.7. The van der Waals surface area contributed by atoms with E-state index in [0.717, 1.165) is 40.2 Å². The fourth-order valence-electron chi connectivity index (χ4n) is 6.45. The van der Waals surface area contributed by atoms with E-state index in [4.69, 9.17) is 9.47 Å². The Labute approximate surface area is 320 Å². The molecule has 1 saturated heterocycles. The summed E-state index contributed by atoms with van der Waals surface area (Å²) in [5.41, 5.74) is 2.55. The number of amides is 4. The van der Waals surface area contributed by atoms with Crippen LogP contribution in [0.1, 0.15) is 132 Å². The van der Waals surface area contributed by atoms with Crippen molar-refractivity contribution in [3.8, 4) is 22.6 Å². The van der Waals surface area contributed by atoms with Gasteiger partial charge in [0, 0.05) is 20.5 Å². The van der Waals surface area contributed by atoms with Crippen molar-refractivity contribution in [1.82, 2.24) is 9.80 Å². The number of urea groups is 1.